The maximum atomic E-state index is 13.8. The molecule has 7 nitrogen and oxygen atoms in total. The zero-order valence-electron chi connectivity index (χ0n) is 20.3. The highest BCUT2D eigenvalue weighted by Gasteiger charge is 2.35. The van der Waals surface area contributed by atoms with Gasteiger partial charge in [-0.3, -0.25) is 4.79 Å². The summed E-state index contributed by atoms with van der Waals surface area (Å²) in [4.78, 5) is 13.8. The topological polar surface area (TPSA) is 93.7 Å². The zero-order chi connectivity index (χ0) is 26.2. The molecule has 0 radical (unpaired) electrons. The number of rotatable bonds is 2. The number of fused-ring (bicyclic) bond motifs is 7. The smallest absolute Gasteiger partial charge is 0.283 e. The number of aryl methyl sites for hydroxylation is 3. The Morgan fingerprint density at radius 1 is 0.892 bits per heavy atom. The molecule has 1 N–H and O–H groups in total. The van der Waals surface area contributed by atoms with E-state index in [9.17, 15) is 18.3 Å². The van der Waals surface area contributed by atoms with Gasteiger partial charge in [0, 0.05) is 33.4 Å². The summed E-state index contributed by atoms with van der Waals surface area (Å²) in [6.45, 7) is 3.64. The predicted molar refractivity (Wildman–Crippen MR) is 148 cm³/mol. The van der Waals surface area contributed by atoms with Gasteiger partial charge >= 0.3 is 0 Å². The monoisotopic (exact) mass is 575 g/mol. The Morgan fingerprint density at radius 2 is 1.57 bits per heavy atom. The van der Waals surface area contributed by atoms with Crippen molar-refractivity contribution < 1.29 is 18.3 Å². The van der Waals surface area contributed by atoms with E-state index in [2.05, 4.69) is 20.3 Å². The molecule has 1 aliphatic rings. The Hall–Kier alpha value is -3.69. The minimum Gasteiger partial charge on any atom is -0.505 e. The molecule has 0 saturated carbocycles. The predicted octanol–water partition coefficient (Wildman–Crippen LogP) is 5.65. The first-order chi connectivity index (χ1) is 17.6. The van der Waals surface area contributed by atoms with Gasteiger partial charge in [-0.1, -0.05) is 45.3 Å². The third-order valence-corrected chi connectivity index (χ3v) is 8.70. The first kappa shape index (κ1) is 23.7. The number of carbonyl (C=O) groups is 1. The number of sulfonamides is 1. The lowest BCUT2D eigenvalue weighted by molar-refractivity contribution is -0.113. The highest BCUT2D eigenvalue weighted by molar-refractivity contribution is 9.10. The van der Waals surface area contributed by atoms with Crippen LogP contribution >= 0.6 is 15.9 Å². The van der Waals surface area contributed by atoms with Crippen molar-refractivity contribution in [3.8, 4) is 17.0 Å². The van der Waals surface area contributed by atoms with Gasteiger partial charge in [-0.2, -0.15) is 12.8 Å². The number of aromatic hydroxyl groups is 1. The zero-order valence-corrected chi connectivity index (χ0v) is 22.7. The van der Waals surface area contributed by atoms with Crippen molar-refractivity contribution >= 4 is 59.3 Å². The first-order valence-corrected chi connectivity index (χ1v) is 13.9. The van der Waals surface area contributed by atoms with Gasteiger partial charge in [-0.25, -0.2) is 0 Å². The maximum Gasteiger partial charge on any atom is 0.283 e. The van der Waals surface area contributed by atoms with E-state index in [1.54, 1.807) is 28.3 Å². The molecule has 0 spiro atoms. The van der Waals surface area contributed by atoms with E-state index >= 15 is 0 Å². The average Bonchev–Trinajstić information content (AvgIpc) is 3.22. The molecule has 0 aliphatic carbocycles. The Morgan fingerprint density at radius 3 is 2.30 bits per heavy atom. The minimum absolute atomic E-state index is 0.00842. The minimum atomic E-state index is -4.19. The molecule has 0 bridgehead atoms. The van der Waals surface area contributed by atoms with Crippen LogP contribution in [0.2, 0.25) is 0 Å². The molecular weight excluding hydrogens is 554 g/mol. The van der Waals surface area contributed by atoms with Gasteiger partial charge in [-0.15, -0.1) is 0 Å². The Bertz CT molecular complexity index is 1930. The summed E-state index contributed by atoms with van der Waals surface area (Å²) in [7, 11) is -2.41. The largest absolute Gasteiger partial charge is 0.505 e. The van der Waals surface area contributed by atoms with Crippen LogP contribution in [0.15, 0.2) is 74.4 Å². The van der Waals surface area contributed by atoms with Crippen molar-refractivity contribution in [3.63, 3.8) is 0 Å². The van der Waals surface area contributed by atoms with Crippen molar-refractivity contribution in [1.82, 2.24) is 9.13 Å². The molecule has 5 aromatic rings. The fourth-order valence-electron chi connectivity index (χ4n) is 5.13. The lowest BCUT2D eigenvalue weighted by atomic mass is 10.0. The van der Waals surface area contributed by atoms with E-state index in [0.29, 0.717) is 27.9 Å². The molecule has 0 unspecified atom stereocenters. The third kappa shape index (κ3) is 3.56. The molecule has 6 rings (SSSR count). The molecule has 2 aromatic heterocycles. The number of halogens is 1. The highest BCUT2D eigenvalue weighted by atomic mass is 79.9. The molecule has 1 aliphatic heterocycles. The van der Waals surface area contributed by atoms with Crippen LogP contribution in [-0.4, -0.2) is 34.2 Å². The normalized spacial score (nSPS) is 14.8. The SMILES string of the molecule is Cc1ccc(S(=O)(=O)/N=C2\C(=O)Cn3c(c(O)c4cc(C)ccc43)-c3c2n(C)c2ccc(Br)cc32)cc1. The molecule has 3 heterocycles. The fraction of sp³-hybridized carbons (Fsp3) is 0.143. The summed E-state index contributed by atoms with van der Waals surface area (Å²) >= 11 is 3.53. The van der Waals surface area contributed by atoms with Crippen LogP contribution in [0.3, 0.4) is 0 Å². The third-order valence-electron chi connectivity index (χ3n) is 6.91. The number of benzene rings is 3. The van der Waals surface area contributed by atoms with Crippen LogP contribution in [-0.2, 0) is 28.4 Å². The second-order valence-electron chi connectivity index (χ2n) is 9.40. The summed E-state index contributed by atoms with van der Waals surface area (Å²) in [5, 5.41) is 12.9. The summed E-state index contributed by atoms with van der Waals surface area (Å²) in [6.07, 6.45) is 0. The van der Waals surface area contributed by atoms with Gasteiger partial charge in [0.15, 0.2) is 0 Å². The highest BCUT2D eigenvalue weighted by Crippen LogP contribution is 2.46. The number of nitrogens with zero attached hydrogens (tertiary/aromatic N) is 3. The molecular formula is C28H22BrN3O4S. The Labute approximate surface area is 221 Å². The molecule has 0 amide bonds. The number of ketones is 1. The van der Waals surface area contributed by atoms with E-state index in [1.807, 2.05) is 50.2 Å². The average molecular weight is 576 g/mol. The van der Waals surface area contributed by atoms with E-state index in [-0.39, 0.29) is 22.9 Å². The van der Waals surface area contributed by atoms with E-state index in [1.165, 1.54) is 12.1 Å². The van der Waals surface area contributed by atoms with Gasteiger partial charge in [0.2, 0.25) is 5.78 Å². The van der Waals surface area contributed by atoms with Gasteiger partial charge in [0.1, 0.15) is 11.5 Å². The van der Waals surface area contributed by atoms with Crippen LogP contribution in [0.4, 0.5) is 0 Å². The molecule has 0 saturated heterocycles. The molecule has 186 valence electrons. The number of carbonyl (C=O) groups excluding carboxylic acids is 1. The van der Waals surface area contributed by atoms with Gasteiger partial charge in [-0.05, 0) is 56.3 Å². The van der Waals surface area contributed by atoms with Crippen LogP contribution in [0, 0.1) is 13.8 Å². The summed E-state index contributed by atoms with van der Waals surface area (Å²) < 4.78 is 35.2. The Kier molecular flexibility index (Phi) is 5.22. The van der Waals surface area contributed by atoms with Crippen molar-refractivity contribution in [1.29, 1.82) is 0 Å². The van der Waals surface area contributed by atoms with E-state index in [0.717, 1.165) is 26.5 Å². The number of aromatic nitrogens is 2. The van der Waals surface area contributed by atoms with E-state index < -0.39 is 15.8 Å². The number of hydrogen-bond donors (Lipinski definition) is 1. The lowest BCUT2D eigenvalue weighted by Crippen LogP contribution is -2.23. The van der Waals surface area contributed by atoms with Gasteiger partial charge in [0.05, 0.1) is 28.3 Å². The van der Waals surface area contributed by atoms with E-state index in [4.69, 9.17) is 0 Å². The second-order valence-corrected chi connectivity index (χ2v) is 11.9. The van der Waals surface area contributed by atoms with Crippen molar-refractivity contribution in [2.75, 3.05) is 0 Å². The number of Topliss-reactive ketones (excluding diaryl/α,β-unsaturated/α-hetero) is 1. The van der Waals surface area contributed by atoms with Crippen LogP contribution in [0.5, 0.6) is 5.75 Å². The van der Waals surface area contributed by atoms with Gasteiger partial charge in [0.25, 0.3) is 10.0 Å². The summed E-state index contributed by atoms with van der Waals surface area (Å²) in [6, 6.07) is 17.7. The van der Waals surface area contributed by atoms with Crippen molar-refractivity contribution in [3.05, 3.63) is 82.0 Å². The quantitative estimate of drug-likeness (QED) is 0.294. The molecule has 0 atom stereocenters. The number of hydrogen-bond acceptors (Lipinski definition) is 4. The second kappa shape index (κ2) is 8.16. The Balaban J connectivity index is 1.74. The standard InChI is InChI=1S/C28H22BrN3O4S/c1-15-4-8-18(9-5-15)37(35,36)30-25-23(33)14-32-22-10-6-16(2)12-20(22)28(34)27(32)24-19-13-17(29)7-11-21(19)31(3)26(24)25/h4-13,34H,14H2,1-3H3/b30-25+. The maximum absolute atomic E-state index is 13.8. The van der Waals surface area contributed by atoms with Crippen molar-refractivity contribution in [2.24, 2.45) is 11.4 Å². The van der Waals surface area contributed by atoms with Gasteiger partial charge < -0.3 is 14.2 Å². The van der Waals surface area contributed by atoms with Crippen molar-refractivity contribution in [2.45, 2.75) is 25.3 Å². The summed E-state index contributed by atoms with van der Waals surface area (Å²) in [5.41, 5.74) is 4.57. The molecule has 37 heavy (non-hydrogen) atoms. The lowest BCUT2D eigenvalue weighted by Gasteiger charge is -2.08. The van der Waals surface area contributed by atoms with Crippen LogP contribution < -0.4 is 0 Å². The summed E-state index contributed by atoms with van der Waals surface area (Å²) in [5.74, 6) is -0.416. The van der Waals surface area contributed by atoms with Crippen LogP contribution in [0.1, 0.15) is 16.8 Å². The first-order valence-electron chi connectivity index (χ1n) is 11.6. The molecule has 3 aromatic carbocycles. The molecule has 0 fully saturated rings. The fourth-order valence-corrected chi connectivity index (χ4v) is 6.51. The van der Waals surface area contributed by atoms with Crippen LogP contribution in [0.25, 0.3) is 33.1 Å². The molecule has 9 heteroatoms.